The Labute approximate surface area is 98.0 Å². The molecule has 1 saturated carbocycles. The SMILES string of the molecule is CCOC(=O)c1nc2n(n1)[C@H](C1CC1)C[C@@H]2F. The zero-order chi connectivity index (χ0) is 12.0. The van der Waals surface area contributed by atoms with E-state index in [1.807, 2.05) is 0 Å². The smallest absolute Gasteiger partial charge is 0.378 e. The van der Waals surface area contributed by atoms with E-state index in [1.54, 1.807) is 11.6 Å². The van der Waals surface area contributed by atoms with Crippen molar-refractivity contribution >= 4 is 5.97 Å². The maximum Gasteiger partial charge on any atom is 0.378 e. The molecule has 0 N–H and O–H groups in total. The zero-order valence-electron chi connectivity index (χ0n) is 9.60. The highest BCUT2D eigenvalue weighted by molar-refractivity contribution is 5.85. The first-order valence-corrected chi connectivity index (χ1v) is 5.98. The summed E-state index contributed by atoms with van der Waals surface area (Å²) in [5, 5.41) is 4.09. The maximum atomic E-state index is 13.7. The number of hydrogen-bond donors (Lipinski definition) is 0. The van der Waals surface area contributed by atoms with E-state index in [4.69, 9.17) is 4.74 Å². The minimum atomic E-state index is -1.10. The van der Waals surface area contributed by atoms with Gasteiger partial charge < -0.3 is 4.74 Å². The summed E-state index contributed by atoms with van der Waals surface area (Å²) in [5.74, 6) is 0.196. The summed E-state index contributed by atoms with van der Waals surface area (Å²) in [6, 6.07) is 0.0793. The van der Waals surface area contributed by atoms with Crippen LogP contribution in [0.3, 0.4) is 0 Å². The number of alkyl halides is 1. The normalized spacial score (nSPS) is 26.9. The lowest BCUT2D eigenvalue weighted by molar-refractivity contribution is 0.0510. The third-order valence-electron chi connectivity index (χ3n) is 3.32. The predicted octanol–water partition coefficient (Wildman–Crippen LogP) is 1.82. The summed E-state index contributed by atoms with van der Waals surface area (Å²) in [6.45, 7) is 1.99. The van der Waals surface area contributed by atoms with E-state index in [0.717, 1.165) is 12.8 Å². The van der Waals surface area contributed by atoms with E-state index >= 15 is 0 Å². The number of fused-ring (bicyclic) bond motifs is 1. The molecule has 5 nitrogen and oxygen atoms in total. The molecule has 1 aliphatic carbocycles. The van der Waals surface area contributed by atoms with Gasteiger partial charge in [0.05, 0.1) is 12.6 Å². The fraction of sp³-hybridized carbons (Fsp3) is 0.727. The van der Waals surface area contributed by atoms with Crippen molar-refractivity contribution in [3.05, 3.63) is 11.6 Å². The van der Waals surface area contributed by atoms with Crippen LogP contribution in [-0.2, 0) is 4.74 Å². The maximum absolute atomic E-state index is 13.7. The van der Waals surface area contributed by atoms with Crippen LogP contribution < -0.4 is 0 Å². The van der Waals surface area contributed by atoms with E-state index in [9.17, 15) is 9.18 Å². The van der Waals surface area contributed by atoms with Crippen LogP contribution in [0.1, 0.15) is 54.8 Å². The van der Waals surface area contributed by atoms with Crippen molar-refractivity contribution in [3.8, 4) is 0 Å². The highest BCUT2D eigenvalue weighted by atomic mass is 19.1. The van der Waals surface area contributed by atoms with Gasteiger partial charge in [0.15, 0.2) is 12.0 Å². The van der Waals surface area contributed by atoms with Crippen LogP contribution in [0.2, 0.25) is 0 Å². The molecule has 0 saturated heterocycles. The van der Waals surface area contributed by atoms with Crippen LogP contribution in [0.5, 0.6) is 0 Å². The molecule has 1 aromatic rings. The molecule has 3 rings (SSSR count). The second-order valence-corrected chi connectivity index (χ2v) is 4.57. The average Bonchev–Trinajstić information content (AvgIpc) is 2.95. The fourth-order valence-electron chi connectivity index (χ4n) is 2.37. The molecule has 92 valence electrons. The van der Waals surface area contributed by atoms with Gasteiger partial charge in [-0.1, -0.05) is 0 Å². The Morgan fingerprint density at radius 1 is 1.59 bits per heavy atom. The number of halogens is 1. The second kappa shape index (κ2) is 3.78. The minimum absolute atomic E-state index is 0.0187. The third-order valence-corrected chi connectivity index (χ3v) is 3.32. The van der Waals surface area contributed by atoms with Crippen molar-refractivity contribution in [2.45, 2.75) is 38.4 Å². The van der Waals surface area contributed by atoms with Crippen molar-refractivity contribution in [1.82, 2.24) is 14.8 Å². The molecule has 0 amide bonds. The van der Waals surface area contributed by atoms with Gasteiger partial charge in [-0.05, 0) is 25.7 Å². The van der Waals surface area contributed by atoms with Gasteiger partial charge in [-0.15, -0.1) is 5.10 Å². The largest absolute Gasteiger partial charge is 0.460 e. The number of carbonyl (C=O) groups excluding carboxylic acids is 1. The number of nitrogens with zero attached hydrogens (tertiary/aromatic N) is 3. The number of aromatic nitrogens is 3. The predicted molar refractivity (Wildman–Crippen MR) is 56.2 cm³/mol. The fourth-order valence-corrected chi connectivity index (χ4v) is 2.37. The summed E-state index contributed by atoms with van der Waals surface area (Å²) in [7, 11) is 0. The van der Waals surface area contributed by atoms with Crippen molar-refractivity contribution in [1.29, 1.82) is 0 Å². The first kappa shape index (κ1) is 10.7. The van der Waals surface area contributed by atoms with Gasteiger partial charge >= 0.3 is 5.97 Å². The first-order chi connectivity index (χ1) is 8.20. The van der Waals surface area contributed by atoms with Crippen LogP contribution in [0.15, 0.2) is 0 Å². The molecule has 6 heteroatoms. The van der Waals surface area contributed by atoms with Crippen molar-refractivity contribution in [2.24, 2.45) is 5.92 Å². The summed E-state index contributed by atoms with van der Waals surface area (Å²) < 4.78 is 20.1. The minimum Gasteiger partial charge on any atom is -0.460 e. The Morgan fingerprint density at radius 3 is 3.00 bits per heavy atom. The first-order valence-electron chi connectivity index (χ1n) is 5.98. The molecule has 0 unspecified atom stereocenters. The standard InChI is InChI=1S/C11H14FN3O2/c1-2-17-11(16)9-13-10-7(12)5-8(6-3-4-6)15(10)14-9/h6-8H,2-5H2,1H3/t7-,8-/m0/s1. The van der Waals surface area contributed by atoms with Gasteiger partial charge in [-0.3, -0.25) is 0 Å². The monoisotopic (exact) mass is 239 g/mol. The van der Waals surface area contributed by atoms with Gasteiger partial charge in [-0.2, -0.15) is 0 Å². The molecule has 2 atom stereocenters. The van der Waals surface area contributed by atoms with Crippen LogP contribution in [-0.4, -0.2) is 27.3 Å². The van der Waals surface area contributed by atoms with E-state index in [1.165, 1.54) is 0 Å². The molecule has 0 spiro atoms. The Morgan fingerprint density at radius 2 is 2.35 bits per heavy atom. The molecule has 0 radical (unpaired) electrons. The number of carbonyl (C=O) groups is 1. The summed E-state index contributed by atoms with van der Waals surface area (Å²) >= 11 is 0. The summed E-state index contributed by atoms with van der Waals surface area (Å²) in [6.07, 6.45) is 1.58. The molecule has 0 bridgehead atoms. The topological polar surface area (TPSA) is 57.0 Å². The lowest BCUT2D eigenvalue weighted by Crippen LogP contribution is -2.11. The Balaban J connectivity index is 1.89. The van der Waals surface area contributed by atoms with Crippen molar-refractivity contribution in [3.63, 3.8) is 0 Å². The van der Waals surface area contributed by atoms with Gasteiger partial charge in [0.1, 0.15) is 0 Å². The lowest BCUT2D eigenvalue weighted by atomic mass is 10.1. The van der Waals surface area contributed by atoms with E-state index in [0.29, 0.717) is 12.3 Å². The molecule has 1 aliphatic heterocycles. The quantitative estimate of drug-likeness (QED) is 0.755. The molecule has 0 aromatic carbocycles. The van der Waals surface area contributed by atoms with Gasteiger partial charge in [0.2, 0.25) is 0 Å². The number of ether oxygens (including phenoxy) is 1. The van der Waals surface area contributed by atoms with Crippen LogP contribution in [0.4, 0.5) is 4.39 Å². The van der Waals surface area contributed by atoms with Gasteiger partial charge in [0, 0.05) is 6.42 Å². The molecular weight excluding hydrogens is 225 g/mol. The Kier molecular flexibility index (Phi) is 2.38. The molecule has 17 heavy (non-hydrogen) atoms. The van der Waals surface area contributed by atoms with Gasteiger partial charge in [0.25, 0.3) is 5.82 Å². The van der Waals surface area contributed by atoms with Crippen LogP contribution in [0.25, 0.3) is 0 Å². The molecule has 2 aliphatic rings. The molecular formula is C11H14FN3O2. The number of rotatable bonds is 3. The molecule has 1 aromatic heterocycles. The van der Waals surface area contributed by atoms with Gasteiger partial charge in [-0.25, -0.2) is 18.9 Å². The second-order valence-electron chi connectivity index (χ2n) is 4.57. The molecule has 2 heterocycles. The highest BCUT2D eigenvalue weighted by Crippen LogP contribution is 2.48. The van der Waals surface area contributed by atoms with Crippen LogP contribution >= 0.6 is 0 Å². The van der Waals surface area contributed by atoms with E-state index < -0.39 is 12.1 Å². The van der Waals surface area contributed by atoms with E-state index in [-0.39, 0.29) is 24.3 Å². The summed E-state index contributed by atoms with van der Waals surface area (Å²) in [5.41, 5.74) is 0. The lowest BCUT2D eigenvalue weighted by Gasteiger charge is -2.08. The van der Waals surface area contributed by atoms with E-state index in [2.05, 4.69) is 10.1 Å². The van der Waals surface area contributed by atoms with Crippen LogP contribution in [0, 0.1) is 5.92 Å². The van der Waals surface area contributed by atoms with Crippen molar-refractivity contribution in [2.75, 3.05) is 6.61 Å². The van der Waals surface area contributed by atoms with Crippen molar-refractivity contribution < 1.29 is 13.9 Å². The number of esters is 1. The zero-order valence-corrected chi connectivity index (χ0v) is 9.60. The Bertz CT molecular complexity index is 456. The third kappa shape index (κ3) is 1.71. The molecule has 1 fully saturated rings. The highest BCUT2D eigenvalue weighted by Gasteiger charge is 2.43. The Hall–Kier alpha value is -1.46. The summed E-state index contributed by atoms with van der Waals surface area (Å²) in [4.78, 5) is 15.4. The number of hydrogen-bond acceptors (Lipinski definition) is 4. The average molecular weight is 239 g/mol.